The van der Waals surface area contributed by atoms with Crippen LogP contribution in [0, 0.1) is 13.8 Å². The van der Waals surface area contributed by atoms with Crippen molar-refractivity contribution in [2.45, 2.75) is 13.8 Å². The van der Waals surface area contributed by atoms with Crippen LogP contribution in [0.5, 0.6) is 5.75 Å². The topological polar surface area (TPSA) is 50.6 Å². The average Bonchev–Trinajstić information content (AvgIpc) is 3.08. The highest BCUT2D eigenvalue weighted by molar-refractivity contribution is 5.96. The highest BCUT2D eigenvalue weighted by Crippen LogP contribution is 2.24. The molecule has 2 aromatic heterocycles. The maximum absolute atomic E-state index is 13.2. The Labute approximate surface area is 171 Å². The number of hydrogen-bond acceptors (Lipinski definition) is 4. The van der Waals surface area contributed by atoms with Crippen LogP contribution < -0.4 is 9.64 Å². The second-order valence-corrected chi connectivity index (χ2v) is 7.31. The first-order chi connectivity index (χ1) is 14.1. The SMILES string of the molecule is COc1ccc(N2CCN(C(=O)c3cc(C)n(-c4cccnc4)c3C)CC2)cc1. The van der Waals surface area contributed by atoms with E-state index in [4.69, 9.17) is 4.74 Å². The molecule has 1 aliphatic heterocycles. The molecule has 3 heterocycles. The quantitative estimate of drug-likeness (QED) is 0.685. The molecule has 0 spiro atoms. The summed E-state index contributed by atoms with van der Waals surface area (Å²) in [6.45, 7) is 7.08. The van der Waals surface area contributed by atoms with Gasteiger partial charge in [-0.15, -0.1) is 0 Å². The van der Waals surface area contributed by atoms with Crippen LogP contribution in [0.3, 0.4) is 0 Å². The van der Waals surface area contributed by atoms with Crippen LogP contribution in [-0.2, 0) is 0 Å². The van der Waals surface area contributed by atoms with Gasteiger partial charge >= 0.3 is 0 Å². The van der Waals surface area contributed by atoms with Crippen molar-refractivity contribution in [2.75, 3.05) is 38.2 Å². The normalized spacial score (nSPS) is 14.2. The van der Waals surface area contributed by atoms with Crippen LogP contribution in [0.2, 0.25) is 0 Å². The first-order valence-electron chi connectivity index (χ1n) is 9.86. The van der Waals surface area contributed by atoms with Gasteiger partial charge in [-0.2, -0.15) is 0 Å². The molecule has 1 saturated heterocycles. The number of anilines is 1. The minimum atomic E-state index is 0.0996. The molecule has 0 aliphatic carbocycles. The van der Waals surface area contributed by atoms with E-state index in [1.165, 1.54) is 0 Å². The number of methoxy groups -OCH3 is 1. The second kappa shape index (κ2) is 7.99. The molecule has 6 heteroatoms. The number of carbonyl (C=O) groups excluding carboxylic acids is 1. The summed E-state index contributed by atoms with van der Waals surface area (Å²) in [5.74, 6) is 0.953. The second-order valence-electron chi connectivity index (χ2n) is 7.31. The summed E-state index contributed by atoms with van der Waals surface area (Å²) in [6.07, 6.45) is 3.58. The zero-order chi connectivity index (χ0) is 20.4. The highest BCUT2D eigenvalue weighted by atomic mass is 16.5. The molecule has 3 aromatic rings. The third-order valence-electron chi connectivity index (χ3n) is 5.57. The number of amides is 1. The van der Waals surface area contributed by atoms with Crippen molar-refractivity contribution in [2.24, 2.45) is 0 Å². The number of carbonyl (C=O) groups is 1. The third-order valence-corrected chi connectivity index (χ3v) is 5.57. The molecule has 0 saturated carbocycles. The lowest BCUT2D eigenvalue weighted by atomic mass is 10.2. The van der Waals surface area contributed by atoms with Crippen LogP contribution in [0.25, 0.3) is 5.69 Å². The van der Waals surface area contributed by atoms with Crippen molar-refractivity contribution < 1.29 is 9.53 Å². The van der Waals surface area contributed by atoms with Gasteiger partial charge in [0.25, 0.3) is 5.91 Å². The minimum absolute atomic E-state index is 0.0996. The smallest absolute Gasteiger partial charge is 0.255 e. The predicted molar refractivity (Wildman–Crippen MR) is 114 cm³/mol. The Balaban J connectivity index is 1.47. The summed E-state index contributed by atoms with van der Waals surface area (Å²) in [5.41, 5.74) is 4.90. The lowest BCUT2D eigenvalue weighted by Crippen LogP contribution is -2.48. The first-order valence-corrected chi connectivity index (χ1v) is 9.86. The molecule has 1 aliphatic rings. The lowest BCUT2D eigenvalue weighted by Gasteiger charge is -2.36. The Hall–Kier alpha value is -3.28. The first kappa shape index (κ1) is 19.1. The molecule has 0 unspecified atom stereocenters. The number of pyridine rings is 1. The summed E-state index contributed by atoms with van der Waals surface area (Å²) >= 11 is 0. The van der Waals surface area contributed by atoms with E-state index < -0.39 is 0 Å². The lowest BCUT2D eigenvalue weighted by molar-refractivity contribution is 0.0746. The minimum Gasteiger partial charge on any atom is -0.497 e. The average molecular weight is 390 g/mol. The zero-order valence-electron chi connectivity index (χ0n) is 17.1. The highest BCUT2D eigenvalue weighted by Gasteiger charge is 2.25. The van der Waals surface area contributed by atoms with Crippen LogP contribution in [0.4, 0.5) is 5.69 Å². The fourth-order valence-corrected chi connectivity index (χ4v) is 3.99. The summed E-state index contributed by atoms with van der Waals surface area (Å²) < 4.78 is 7.32. The summed E-state index contributed by atoms with van der Waals surface area (Å²) in [4.78, 5) is 21.7. The number of aromatic nitrogens is 2. The Morgan fingerprint density at radius 1 is 1.00 bits per heavy atom. The molecule has 0 radical (unpaired) electrons. The molecular formula is C23H26N4O2. The molecule has 0 atom stereocenters. The predicted octanol–water partition coefficient (Wildman–Crippen LogP) is 3.46. The van der Waals surface area contributed by atoms with Crippen LogP contribution in [-0.4, -0.2) is 53.6 Å². The summed E-state index contributed by atoms with van der Waals surface area (Å²) in [7, 11) is 1.67. The number of ether oxygens (including phenoxy) is 1. The molecule has 29 heavy (non-hydrogen) atoms. The largest absolute Gasteiger partial charge is 0.497 e. The molecule has 6 nitrogen and oxygen atoms in total. The fourth-order valence-electron chi connectivity index (χ4n) is 3.99. The van der Waals surface area contributed by atoms with E-state index in [9.17, 15) is 4.79 Å². The third kappa shape index (κ3) is 3.70. The molecule has 4 rings (SSSR count). The standard InChI is InChI=1S/C23H26N4O2/c1-17-15-22(18(2)27(17)20-5-4-10-24-16-20)23(28)26-13-11-25(12-14-26)19-6-8-21(29-3)9-7-19/h4-10,15-16H,11-14H2,1-3H3. The van der Waals surface area contributed by atoms with Gasteiger partial charge in [0.05, 0.1) is 24.6 Å². The van der Waals surface area contributed by atoms with Crippen LogP contribution >= 0.6 is 0 Å². The Kier molecular flexibility index (Phi) is 5.25. The molecule has 1 fully saturated rings. The van der Waals surface area contributed by atoms with Crippen LogP contribution in [0.1, 0.15) is 21.7 Å². The number of hydrogen-bond donors (Lipinski definition) is 0. The molecule has 1 amide bonds. The van der Waals surface area contributed by atoms with E-state index in [0.29, 0.717) is 13.1 Å². The van der Waals surface area contributed by atoms with Crippen molar-refractivity contribution >= 4 is 11.6 Å². The maximum Gasteiger partial charge on any atom is 0.255 e. The summed E-state index contributed by atoms with van der Waals surface area (Å²) in [5, 5.41) is 0. The molecule has 1 aromatic carbocycles. The molecule has 0 bridgehead atoms. The number of nitrogens with zero attached hydrogens (tertiary/aromatic N) is 4. The Bertz CT molecular complexity index is 988. The van der Waals surface area contributed by atoms with Gasteiger partial charge in [-0.25, -0.2) is 0 Å². The number of rotatable bonds is 4. The Morgan fingerprint density at radius 2 is 1.72 bits per heavy atom. The fraction of sp³-hybridized carbons (Fsp3) is 0.304. The van der Waals surface area contributed by atoms with Crippen molar-refractivity contribution in [3.8, 4) is 11.4 Å². The van der Waals surface area contributed by atoms with Gasteiger partial charge in [-0.05, 0) is 56.3 Å². The van der Waals surface area contributed by atoms with E-state index in [2.05, 4.69) is 26.6 Å². The maximum atomic E-state index is 13.2. The molecule has 150 valence electrons. The van der Waals surface area contributed by atoms with Gasteiger partial charge in [0.1, 0.15) is 5.75 Å². The number of benzene rings is 1. The van der Waals surface area contributed by atoms with Gasteiger partial charge in [0.15, 0.2) is 0 Å². The monoisotopic (exact) mass is 390 g/mol. The van der Waals surface area contributed by atoms with E-state index in [0.717, 1.165) is 47.2 Å². The number of aryl methyl sites for hydroxylation is 1. The van der Waals surface area contributed by atoms with Crippen LogP contribution in [0.15, 0.2) is 54.9 Å². The number of piperazine rings is 1. The van der Waals surface area contributed by atoms with Crippen molar-refractivity contribution in [1.82, 2.24) is 14.5 Å². The molecule has 0 N–H and O–H groups in total. The van der Waals surface area contributed by atoms with E-state index in [-0.39, 0.29) is 5.91 Å². The zero-order valence-corrected chi connectivity index (χ0v) is 17.1. The van der Waals surface area contributed by atoms with Gasteiger partial charge in [0.2, 0.25) is 0 Å². The van der Waals surface area contributed by atoms with Gasteiger partial charge in [0, 0.05) is 49.5 Å². The van der Waals surface area contributed by atoms with E-state index in [1.807, 2.05) is 55.3 Å². The van der Waals surface area contributed by atoms with Crippen molar-refractivity contribution in [3.63, 3.8) is 0 Å². The van der Waals surface area contributed by atoms with Gasteiger partial charge in [-0.1, -0.05) is 0 Å². The molecular weight excluding hydrogens is 364 g/mol. The van der Waals surface area contributed by atoms with E-state index >= 15 is 0 Å². The van der Waals surface area contributed by atoms with Gasteiger partial charge < -0.3 is 19.1 Å². The van der Waals surface area contributed by atoms with E-state index in [1.54, 1.807) is 13.3 Å². The Morgan fingerprint density at radius 3 is 2.34 bits per heavy atom. The van der Waals surface area contributed by atoms with Crippen molar-refractivity contribution in [1.29, 1.82) is 0 Å². The summed E-state index contributed by atoms with van der Waals surface area (Å²) in [6, 6.07) is 14.0. The van der Waals surface area contributed by atoms with Crippen molar-refractivity contribution in [3.05, 3.63) is 71.8 Å². The van der Waals surface area contributed by atoms with Gasteiger partial charge in [-0.3, -0.25) is 9.78 Å².